The van der Waals surface area contributed by atoms with Gasteiger partial charge in [0, 0.05) is 18.4 Å². The lowest BCUT2D eigenvalue weighted by molar-refractivity contribution is 0.0635. The van der Waals surface area contributed by atoms with Crippen LogP contribution in [0, 0.1) is 0 Å². The molecule has 4 rings (SSSR count). The highest BCUT2D eigenvalue weighted by Crippen LogP contribution is 2.38. The molecule has 1 atom stereocenters. The number of nitrogens with one attached hydrogen (secondary N) is 3. The number of nitrogens with zero attached hydrogens (tertiary/aromatic N) is 1. The predicted octanol–water partition coefficient (Wildman–Crippen LogP) is 5.32. The van der Waals surface area contributed by atoms with E-state index in [1.54, 1.807) is 51.1 Å². The van der Waals surface area contributed by atoms with Gasteiger partial charge in [-0.3, -0.25) is 15.1 Å². The van der Waals surface area contributed by atoms with Gasteiger partial charge in [0.2, 0.25) is 0 Å². The zero-order valence-electron chi connectivity index (χ0n) is 24.9. The van der Waals surface area contributed by atoms with E-state index < -0.39 is 29.2 Å². The van der Waals surface area contributed by atoms with Gasteiger partial charge in [-0.1, -0.05) is 36.4 Å². The van der Waals surface area contributed by atoms with Crippen molar-refractivity contribution in [3.8, 4) is 0 Å². The Hall–Kier alpha value is -5.10. The smallest absolute Gasteiger partial charge is 0.412 e. The summed E-state index contributed by atoms with van der Waals surface area (Å²) in [6.45, 7) is 5.08. The molecule has 0 radical (unpaired) electrons. The second-order valence-electron chi connectivity index (χ2n) is 11.1. The number of hydrogen-bond acceptors (Lipinski definition) is 8. The molecule has 44 heavy (non-hydrogen) atoms. The van der Waals surface area contributed by atoms with E-state index >= 15 is 0 Å². The molecule has 0 saturated carbocycles. The number of anilines is 2. The Morgan fingerprint density at radius 2 is 1.80 bits per heavy atom. The number of ether oxygens (including phenoxy) is 3. The number of pyridine rings is 1. The fourth-order valence-electron chi connectivity index (χ4n) is 4.69. The average Bonchev–Trinajstić information content (AvgIpc) is 3.00. The molecule has 0 fully saturated rings. The van der Waals surface area contributed by atoms with Gasteiger partial charge < -0.3 is 35.7 Å². The number of aliphatic hydroxyl groups is 1. The number of allylic oxidation sites excluding steroid dienone is 4. The van der Waals surface area contributed by atoms with Crippen LogP contribution < -0.4 is 21.7 Å². The lowest BCUT2D eigenvalue weighted by Gasteiger charge is -2.36. The second kappa shape index (κ2) is 13.9. The van der Waals surface area contributed by atoms with Crippen LogP contribution in [0.4, 0.5) is 21.0 Å². The number of benzene rings is 1. The summed E-state index contributed by atoms with van der Waals surface area (Å²) in [5.41, 5.74) is 5.69. The highest BCUT2D eigenvalue weighted by molar-refractivity contribution is 6.05. The van der Waals surface area contributed by atoms with Gasteiger partial charge in [-0.25, -0.2) is 9.59 Å². The van der Waals surface area contributed by atoms with E-state index in [-0.39, 0.29) is 30.9 Å². The minimum atomic E-state index is -1.36. The molecular formula is C32H37N5O7. The Bertz CT molecular complexity index is 1510. The number of primary amides is 1. The number of nitrogens with two attached hydrogens (primary N) is 1. The standard InChI is InChI=1S/C32H37N5O7/c1-31(2,3)44-30(41)36-24-13-8-7-12-23(24)35-28(39)25-15-14-22(18-34-25)32(16-9-17-38,37-29(33)40)27-20-42-26(19-43-27)21-10-5-4-6-11-21/h4-5,7-8,10,12-15,18-20,38H,6,9,11,16-17H2,1-3H3,(H,35,39)(H,36,41)(H3,33,37,40). The van der Waals surface area contributed by atoms with Crippen molar-refractivity contribution in [3.63, 3.8) is 0 Å². The minimum absolute atomic E-state index is 0.0604. The van der Waals surface area contributed by atoms with Gasteiger partial charge in [0.05, 0.1) is 11.4 Å². The van der Waals surface area contributed by atoms with E-state index in [0.717, 1.165) is 18.4 Å². The molecule has 1 aromatic carbocycles. The molecular weight excluding hydrogens is 566 g/mol. The molecule has 12 nitrogen and oxygen atoms in total. The Kier molecular flexibility index (Phi) is 10.1. The number of amides is 4. The van der Waals surface area contributed by atoms with Gasteiger partial charge >= 0.3 is 12.1 Å². The van der Waals surface area contributed by atoms with E-state index in [1.165, 1.54) is 24.8 Å². The van der Waals surface area contributed by atoms with Crippen LogP contribution in [0.2, 0.25) is 0 Å². The van der Waals surface area contributed by atoms with Crippen molar-refractivity contribution >= 4 is 29.4 Å². The van der Waals surface area contributed by atoms with Crippen LogP contribution in [0.5, 0.6) is 0 Å². The van der Waals surface area contributed by atoms with Gasteiger partial charge in [-0.2, -0.15) is 0 Å². The Morgan fingerprint density at radius 1 is 1.05 bits per heavy atom. The molecule has 1 unspecified atom stereocenters. The molecule has 12 heteroatoms. The van der Waals surface area contributed by atoms with E-state index in [4.69, 9.17) is 19.9 Å². The molecule has 0 spiro atoms. The molecule has 1 aromatic heterocycles. The van der Waals surface area contributed by atoms with Crippen LogP contribution >= 0.6 is 0 Å². The first kappa shape index (κ1) is 31.8. The average molecular weight is 604 g/mol. The second-order valence-corrected chi connectivity index (χ2v) is 11.1. The first-order chi connectivity index (χ1) is 21.0. The lowest BCUT2D eigenvalue weighted by atomic mass is 9.84. The first-order valence-electron chi connectivity index (χ1n) is 14.2. The van der Waals surface area contributed by atoms with E-state index in [2.05, 4.69) is 27.0 Å². The Labute approximate surface area is 255 Å². The Morgan fingerprint density at radius 3 is 2.36 bits per heavy atom. The van der Waals surface area contributed by atoms with Crippen LogP contribution in [0.15, 0.2) is 90.4 Å². The summed E-state index contributed by atoms with van der Waals surface area (Å²) in [4.78, 5) is 42.1. The number of para-hydroxylation sites is 2. The van der Waals surface area contributed by atoms with Gasteiger partial charge in [0.25, 0.3) is 5.91 Å². The number of carbonyl (C=O) groups is 3. The third kappa shape index (κ3) is 8.04. The molecule has 2 aliphatic rings. The van der Waals surface area contributed by atoms with Gasteiger partial charge in [0.1, 0.15) is 29.4 Å². The molecule has 1 aliphatic heterocycles. The molecule has 2 heterocycles. The Balaban J connectivity index is 1.57. The van der Waals surface area contributed by atoms with Crippen molar-refractivity contribution in [2.45, 2.75) is 57.6 Å². The van der Waals surface area contributed by atoms with Crippen molar-refractivity contribution in [3.05, 3.63) is 102 Å². The van der Waals surface area contributed by atoms with Crippen molar-refractivity contribution in [1.82, 2.24) is 10.3 Å². The molecule has 4 amide bonds. The zero-order chi connectivity index (χ0) is 31.7. The molecule has 0 saturated heterocycles. The highest BCUT2D eigenvalue weighted by atomic mass is 16.6. The van der Waals surface area contributed by atoms with Gasteiger partial charge in [-0.05, 0) is 70.2 Å². The number of urea groups is 1. The van der Waals surface area contributed by atoms with Crippen molar-refractivity contribution in [2.75, 3.05) is 17.2 Å². The molecule has 1 aliphatic carbocycles. The fourth-order valence-corrected chi connectivity index (χ4v) is 4.69. The number of carbonyl (C=O) groups excluding carboxylic acids is 3. The maximum atomic E-state index is 13.2. The quantitative estimate of drug-likeness (QED) is 0.242. The van der Waals surface area contributed by atoms with Crippen LogP contribution in [-0.2, 0) is 19.7 Å². The van der Waals surface area contributed by atoms with E-state index in [0.29, 0.717) is 22.7 Å². The third-order valence-electron chi connectivity index (χ3n) is 6.68. The summed E-state index contributed by atoms with van der Waals surface area (Å²) >= 11 is 0. The maximum absolute atomic E-state index is 13.2. The summed E-state index contributed by atoms with van der Waals surface area (Å²) in [7, 11) is 0. The first-order valence-corrected chi connectivity index (χ1v) is 14.2. The number of aliphatic hydroxyl groups excluding tert-OH is 1. The molecule has 2 aromatic rings. The van der Waals surface area contributed by atoms with Gasteiger partial charge in [0.15, 0.2) is 11.5 Å². The number of rotatable bonds is 10. The third-order valence-corrected chi connectivity index (χ3v) is 6.68. The predicted molar refractivity (Wildman–Crippen MR) is 164 cm³/mol. The van der Waals surface area contributed by atoms with Crippen LogP contribution in [0.1, 0.15) is 62.5 Å². The number of hydrogen-bond donors (Lipinski definition) is 5. The summed E-state index contributed by atoms with van der Waals surface area (Å²) in [5.74, 6) is 0.221. The van der Waals surface area contributed by atoms with Gasteiger partial charge in [-0.15, -0.1) is 0 Å². The molecule has 0 bridgehead atoms. The monoisotopic (exact) mass is 603 g/mol. The molecule has 6 N–H and O–H groups in total. The maximum Gasteiger partial charge on any atom is 0.412 e. The number of aromatic nitrogens is 1. The largest absolute Gasteiger partial charge is 0.459 e. The van der Waals surface area contributed by atoms with Crippen LogP contribution in [-0.4, -0.2) is 40.3 Å². The normalized spacial score (nSPS) is 15.7. The summed E-state index contributed by atoms with van der Waals surface area (Å²) < 4.78 is 17.2. The zero-order valence-corrected chi connectivity index (χ0v) is 24.9. The summed E-state index contributed by atoms with van der Waals surface area (Å²) in [5, 5.41) is 17.8. The topological polar surface area (TPSA) is 174 Å². The SMILES string of the molecule is CC(C)(C)OC(=O)Nc1ccccc1NC(=O)c1ccc(C(CCCO)(NC(N)=O)C2=COC(C3=CC=CCC3)=CO2)cn1. The van der Waals surface area contributed by atoms with Crippen LogP contribution in [0.25, 0.3) is 0 Å². The van der Waals surface area contributed by atoms with Crippen molar-refractivity contribution < 1.29 is 33.7 Å². The fraction of sp³-hybridized carbons (Fsp3) is 0.312. The highest BCUT2D eigenvalue weighted by Gasteiger charge is 2.41. The van der Waals surface area contributed by atoms with Crippen LogP contribution in [0.3, 0.4) is 0 Å². The van der Waals surface area contributed by atoms with E-state index in [9.17, 15) is 19.5 Å². The lowest BCUT2D eigenvalue weighted by Crippen LogP contribution is -2.50. The molecule has 232 valence electrons. The summed E-state index contributed by atoms with van der Waals surface area (Å²) in [6, 6.07) is 8.93. The van der Waals surface area contributed by atoms with Crippen molar-refractivity contribution in [1.29, 1.82) is 0 Å². The van der Waals surface area contributed by atoms with E-state index in [1.807, 2.05) is 12.2 Å². The van der Waals surface area contributed by atoms with Crippen molar-refractivity contribution in [2.24, 2.45) is 5.73 Å². The minimum Gasteiger partial charge on any atom is -0.459 e. The summed E-state index contributed by atoms with van der Waals surface area (Å²) in [6.07, 6.45) is 11.7.